The summed E-state index contributed by atoms with van der Waals surface area (Å²) in [7, 11) is 1.47. The van der Waals surface area contributed by atoms with Gasteiger partial charge in [-0.25, -0.2) is 9.78 Å². The van der Waals surface area contributed by atoms with Gasteiger partial charge in [-0.3, -0.25) is 14.3 Å². The average Bonchev–Trinajstić information content (AvgIpc) is 3.14. The maximum Gasteiger partial charge on any atom is 0.493 e. The number of hydrogen-bond donors (Lipinski definition) is 2. The van der Waals surface area contributed by atoms with Crippen molar-refractivity contribution in [2.45, 2.75) is 19.4 Å². The van der Waals surface area contributed by atoms with Crippen LogP contribution in [0.15, 0.2) is 29.2 Å². The van der Waals surface area contributed by atoms with Crippen molar-refractivity contribution < 1.29 is 22.8 Å². The summed E-state index contributed by atoms with van der Waals surface area (Å²) in [5.41, 5.74) is -0.586. The lowest BCUT2D eigenvalue weighted by Gasteiger charge is -2.40. The van der Waals surface area contributed by atoms with Gasteiger partial charge in [-0.05, 0) is 19.1 Å². The molecular weight excluding hydrogens is 469 g/mol. The summed E-state index contributed by atoms with van der Waals surface area (Å²) in [5.74, 6) is 3.29. The van der Waals surface area contributed by atoms with E-state index in [4.69, 9.17) is 4.84 Å². The molecule has 0 radical (unpaired) electrons. The number of aromatic nitrogens is 3. The van der Waals surface area contributed by atoms with E-state index in [2.05, 4.69) is 32.4 Å². The van der Waals surface area contributed by atoms with Crippen LogP contribution in [0.2, 0.25) is 0 Å². The first kappa shape index (κ1) is 24.3. The van der Waals surface area contributed by atoms with Crippen LogP contribution in [0.4, 0.5) is 36.4 Å². The van der Waals surface area contributed by atoms with Crippen molar-refractivity contribution in [1.82, 2.24) is 24.8 Å². The minimum Gasteiger partial charge on any atom is -0.327 e. The normalized spacial score (nSPS) is 18.0. The highest BCUT2D eigenvalue weighted by Crippen LogP contribution is 2.38. The molecule has 14 heteroatoms. The first-order valence-corrected chi connectivity index (χ1v) is 10.7. The fourth-order valence-electron chi connectivity index (χ4n) is 3.81. The Morgan fingerprint density at radius 1 is 1.31 bits per heavy atom. The molecule has 0 amide bonds. The molecule has 2 aromatic rings. The molecule has 4 heterocycles. The van der Waals surface area contributed by atoms with Gasteiger partial charge in [0, 0.05) is 39.4 Å². The molecule has 0 aliphatic carbocycles. The van der Waals surface area contributed by atoms with Gasteiger partial charge in [0.2, 0.25) is 11.8 Å². The fraction of sp³-hybridized carbons (Fsp3) is 0.429. The van der Waals surface area contributed by atoms with Crippen molar-refractivity contribution >= 4 is 29.2 Å². The molecule has 0 saturated carbocycles. The van der Waals surface area contributed by atoms with Gasteiger partial charge in [0.05, 0.1) is 6.54 Å². The maximum atomic E-state index is 13.5. The molecule has 1 atom stereocenters. The van der Waals surface area contributed by atoms with Gasteiger partial charge in [-0.2, -0.15) is 18.2 Å². The van der Waals surface area contributed by atoms with E-state index >= 15 is 0 Å². The topological polar surface area (TPSA) is 108 Å². The minimum absolute atomic E-state index is 0.00208. The predicted octanol–water partition coefficient (Wildman–Crippen LogP) is 0.778. The lowest BCUT2D eigenvalue weighted by molar-refractivity contribution is -0.203. The van der Waals surface area contributed by atoms with E-state index in [-0.39, 0.29) is 24.0 Å². The Bertz CT molecular complexity index is 1200. The van der Waals surface area contributed by atoms with Crippen molar-refractivity contribution in [3.63, 3.8) is 0 Å². The number of hydrogen-bond acceptors (Lipinski definition) is 10. The van der Waals surface area contributed by atoms with Gasteiger partial charge >= 0.3 is 12.1 Å². The van der Waals surface area contributed by atoms with E-state index in [0.29, 0.717) is 32.0 Å². The molecule has 2 aliphatic rings. The molecule has 186 valence electrons. The smallest absolute Gasteiger partial charge is 0.327 e. The highest BCUT2D eigenvalue weighted by atomic mass is 19.4. The minimum atomic E-state index is -5.25. The van der Waals surface area contributed by atoms with Crippen LogP contribution in [-0.2, 0) is 16.7 Å². The summed E-state index contributed by atoms with van der Waals surface area (Å²) in [5, 5.41) is 6.79. The van der Waals surface area contributed by atoms with Crippen LogP contribution >= 0.6 is 0 Å². The molecule has 2 aliphatic heterocycles. The molecule has 1 fully saturated rings. The van der Waals surface area contributed by atoms with E-state index in [1.165, 1.54) is 22.7 Å². The Hall–Kier alpha value is -3.83. The standard InChI is InChI=1S/C21H23F3N8O3/c1-3-4-11-31-15-16(28-19(29(2)17(15)33)27-14-7-5-6-8-26-14)32(35-18(34)21(22,23)24)20(31)30-12-9-25-10-13-30/h5-8,20,25H,9-13H2,1-2H3,(H,26,27,28). The highest BCUT2D eigenvalue weighted by Gasteiger charge is 2.50. The first-order chi connectivity index (χ1) is 16.7. The van der Waals surface area contributed by atoms with E-state index in [1.54, 1.807) is 30.0 Å². The summed E-state index contributed by atoms with van der Waals surface area (Å²) >= 11 is 0. The van der Waals surface area contributed by atoms with Crippen LogP contribution in [-0.4, -0.2) is 70.6 Å². The molecule has 0 spiro atoms. The number of halogens is 3. The van der Waals surface area contributed by atoms with Crippen LogP contribution in [0.25, 0.3) is 0 Å². The fourth-order valence-corrected chi connectivity index (χ4v) is 3.81. The van der Waals surface area contributed by atoms with Crippen molar-refractivity contribution in [2.75, 3.05) is 48.0 Å². The SMILES string of the molecule is CC#CCN1c2c(nc(Nc3ccccn3)n(C)c2=O)N(OC(=O)C(F)(F)F)C1N1CCNCC1. The second kappa shape index (κ2) is 9.80. The molecule has 0 aromatic carbocycles. The number of hydroxylamine groups is 1. The van der Waals surface area contributed by atoms with Crippen LogP contribution in [0.5, 0.6) is 0 Å². The largest absolute Gasteiger partial charge is 0.493 e. The number of fused-ring (bicyclic) bond motifs is 1. The summed E-state index contributed by atoms with van der Waals surface area (Å²) in [6, 6.07) is 5.04. The second-order valence-electron chi connectivity index (χ2n) is 7.70. The average molecular weight is 492 g/mol. The van der Waals surface area contributed by atoms with Crippen molar-refractivity contribution in [3.8, 4) is 11.8 Å². The number of rotatable bonds is 5. The van der Waals surface area contributed by atoms with Gasteiger partial charge in [-0.1, -0.05) is 12.0 Å². The molecule has 1 unspecified atom stereocenters. The Morgan fingerprint density at radius 3 is 2.69 bits per heavy atom. The molecule has 0 bridgehead atoms. The molecule has 4 rings (SSSR count). The van der Waals surface area contributed by atoms with Gasteiger partial charge in [0.15, 0.2) is 12.0 Å². The van der Waals surface area contributed by atoms with E-state index in [1.807, 2.05) is 0 Å². The number of piperazine rings is 1. The Morgan fingerprint density at radius 2 is 2.06 bits per heavy atom. The monoisotopic (exact) mass is 492 g/mol. The molecular formula is C21H23F3N8O3. The maximum absolute atomic E-state index is 13.5. The summed E-state index contributed by atoms with van der Waals surface area (Å²) < 4.78 is 40.8. The second-order valence-corrected chi connectivity index (χ2v) is 7.70. The van der Waals surface area contributed by atoms with Crippen LogP contribution in [0.1, 0.15) is 6.92 Å². The van der Waals surface area contributed by atoms with Gasteiger partial charge in [-0.15, -0.1) is 11.0 Å². The molecule has 35 heavy (non-hydrogen) atoms. The summed E-state index contributed by atoms with van der Waals surface area (Å²) in [6.07, 6.45) is -4.78. The highest BCUT2D eigenvalue weighted by molar-refractivity contribution is 5.80. The molecule has 1 saturated heterocycles. The summed E-state index contributed by atoms with van der Waals surface area (Å²) in [6.45, 7) is 3.57. The number of carbonyl (C=O) groups excluding carboxylic acids is 1. The van der Waals surface area contributed by atoms with Crippen molar-refractivity contribution in [1.29, 1.82) is 0 Å². The summed E-state index contributed by atoms with van der Waals surface area (Å²) in [4.78, 5) is 42.0. The van der Waals surface area contributed by atoms with Crippen molar-refractivity contribution in [3.05, 3.63) is 34.7 Å². The van der Waals surface area contributed by atoms with Gasteiger partial charge in [0.1, 0.15) is 5.82 Å². The zero-order valence-electron chi connectivity index (χ0n) is 19.0. The van der Waals surface area contributed by atoms with E-state index in [0.717, 1.165) is 5.06 Å². The zero-order valence-corrected chi connectivity index (χ0v) is 19.0. The lowest BCUT2D eigenvalue weighted by Crippen LogP contribution is -2.61. The van der Waals surface area contributed by atoms with Crippen LogP contribution in [0, 0.1) is 11.8 Å². The Balaban J connectivity index is 1.85. The zero-order chi connectivity index (χ0) is 25.2. The number of nitrogens with one attached hydrogen (secondary N) is 2. The number of carbonyl (C=O) groups is 1. The quantitative estimate of drug-likeness (QED) is 0.582. The molecule has 2 aromatic heterocycles. The van der Waals surface area contributed by atoms with E-state index < -0.39 is 24.0 Å². The molecule has 11 nitrogen and oxygen atoms in total. The lowest BCUT2D eigenvalue weighted by atomic mass is 10.3. The molecule has 2 N–H and O–H groups in total. The number of alkyl halides is 3. The number of anilines is 4. The number of pyridine rings is 1. The van der Waals surface area contributed by atoms with Crippen molar-refractivity contribution in [2.24, 2.45) is 7.05 Å². The van der Waals surface area contributed by atoms with Gasteiger partial charge in [0.25, 0.3) is 5.56 Å². The van der Waals surface area contributed by atoms with E-state index in [9.17, 15) is 22.8 Å². The Kier molecular flexibility index (Phi) is 6.81. The van der Waals surface area contributed by atoms with Crippen LogP contribution < -0.4 is 26.2 Å². The predicted molar refractivity (Wildman–Crippen MR) is 121 cm³/mol. The third-order valence-corrected chi connectivity index (χ3v) is 5.45. The first-order valence-electron chi connectivity index (χ1n) is 10.7. The number of nitrogens with zero attached hydrogens (tertiary/aromatic N) is 6. The third-order valence-electron chi connectivity index (χ3n) is 5.45. The van der Waals surface area contributed by atoms with Gasteiger partial charge < -0.3 is 20.4 Å². The van der Waals surface area contributed by atoms with Crippen LogP contribution in [0.3, 0.4) is 0 Å². The Labute approximate surface area is 198 Å². The third kappa shape index (κ3) is 4.86.